The monoisotopic (exact) mass is 287 g/mol. The second-order valence-corrected chi connectivity index (χ2v) is 4.70. The van der Waals surface area contributed by atoms with Crippen molar-refractivity contribution < 1.29 is 9.84 Å². The lowest BCUT2D eigenvalue weighted by molar-refractivity contribution is 0.115. The van der Waals surface area contributed by atoms with Crippen LogP contribution in [-0.2, 0) is 4.74 Å². The minimum atomic E-state index is 0.0473. The zero-order valence-electron chi connectivity index (χ0n) is 9.01. The summed E-state index contributed by atoms with van der Waals surface area (Å²) in [5, 5.41) is 9.30. The van der Waals surface area contributed by atoms with Gasteiger partial charge in [-0.3, -0.25) is 0 Å². The van der Waals surface area contributed by atoms with Gasteiger partial charge in [0.2, 0.25) is 5.95 Å². The molecule has 0 unspecified atom stereocenters. The maximum Gasteiger partial charge on any atom is 0.225 e. The average Bonchev–Trinajstić information content (AvgIpc) is 2.73. The molecule has 0 aliphatic carbocycles. The van der Waals surface area contributed by atoms with Crippen molar-refractivity contribution in [2.75, 3.05) is 25.2 Å². The quantitative estimate of drug-likeness (QED) is 0.892. The maximum absolute atomic E-state index is 9.30. The Morgan fingerprint density at radius 3 is 2.81 bits per heavy atom. The Hall–Kier alpha value is -0.720. The Bertz CT molecular complexity index is 346. The lowest BCUT2D eigenvalue weighted by atomic mass is 10.2. The molecule has 1 aromatic rings. The first-order chi connectivity index (χ1) is 7.74. The van der Waals surface area contributed by atoms with E-state index in [4.69, 9.17) is 4.74 Å². The van der Waals surface area contributed by atoms with Gasteiger partial charge in [-0.25, -0.2) is 9.97 Å². The fourth-order valence-electron chi connectivity index (χ4n) is 1.92. The summed E-state index contributed by atoms with van der Waals surface area (Å²) < 4.78 is 6.15. The summed E-state index contributed by atoms with van der Waals surface area (Å²) in [5.74, 6) is 0.641. The van der Waals surface area contributed by atoms with Crippen LogP contribution in [0.1, 0.15) is 6.42 Å². The SMILES string of the molecule is CO[C@@H]1C[C@@H](CO)N(c2ncc(Br)cn2)C1. The first-order valence-corrected chi connectivity index (χ1v) is 5.91. The fraction of sp³-hybridized carbons (Fsp3) is 0.600. The highest BCUT2D eigenvalue weighted by atomic mass is 79.9. The van der Waals surface area contributed by atoms with Gasteiger partial charge in [-0.05, 0) is 22.4 Å². The predicted molar refractivity (Wildman–Crippen MR) is 63.4 cm³/mol. The molecule has 0 radical (unpaired) electrons. The topological polar surface area (TPSA) is 58.5 Å². The standard InChI is InChI=1S/C10H14BrN3O2/c1-16-9-2-8(6-15)14(5-9)10-12-3-7(11)4-13-10/h3-4,8-9,15H,2,5-6H2,1H3/t8-,9+/m0/s1. The van der Waals surface area contributed by atoms with Gasteiger partial charge in [0.15, 0.2) is 0 Å². The highest BCUT2D eigenvalue weighted by Gasteiger charge is 2.33. The van der Waals surface area contributed by atoms with E-state index in [1.165, 1.54) is 0 Å². The molecule has 0 amide bonds. The first kappa shape index (κ1) is 11.8. The van der Waals surface area contributed by atoms with Gasteiger partial charge in [-0.1, -0.05) is 0 Å². The van der Waals surface area contributed by atoms with Gasteiger partial charge in [0, 0.05) is 26.0 Å². The number of nitrogens with zero attached hydrogens (tertiary/aromatic N) is 3. The molecule has 1 aliphatic heterocycles. The molecule has 1 aromatic heterocycles. The molecule has 5 nitrogen and oxygen atoms in total. The highest BCUT2D eigenvalue weighted by Crippen LogP contribution is 2.24. The van der Waals surface area contributed by atoms with E-state index in [0.717, 1.165) is 17.4 Å². The average molecular weight is 288 g/mol. The number of hydrogen-bond acceptors (Lipinski definition) is 5. The van der Waals surface area contributed by atoms with Gasteiger partial charge in [-0.15, -0.1) is 0 Å². The number of hydrogen-bond donors (Lipinski definition) is 1. The van der Waals surface area contributed by atoms with Crippen LogP contribution < -0.4 is 4.90 Å². The lowest BCUT2D eigenvalue weighted by Crippen LogP contribution is -2.33. The second kappa shape index (κ2) is 5.07. The third-order valence-electron chi connectivity index (χ3n) is 2.78. The largest absolute Gasteiger partial charge is 0.394 e. The molecular formula is C10H14BrN3O2. The van der Waals surface area contributed by atoms with Gasteiger partial charge < -0.3 is 14.7 Å². The van der Waals surface area contributed by atoms with Crippen molar-refractivity contribution in [1.82, 2.24) is 9.97 Å². The molecule has 0 saturated carbocycles. The number of ether oxygens (including phenoxy) is 1. The Morgan fingerprint density at radius 2 is 2.25 bits per heavy atom. The minimum absolute atomic E-state index is 0.0473. The van der Waals surface area contributed by atoms with Crippen LogP contribution in [0.15, 0.2) is 16.9 Å². The van der Waals surface area contributed by atoms with E-state index in [-0.39, 0.29) is 18.8 Å². The van der Waals surface area contributed by atoms with Crippen LogP contribution in [0, 0.1) is 0 Å². The fourth-order valence-corrected chi connectivity index (χ4v) is 2.12. The van der Waals surface area contributed by atoms with Crippen LogP contribution in [-0.4, -0.2) is 47.5 Å². The number of methoxy groups -OCH3 is 1. The van der Waals surface area contributed by atoms with Crippen molar-refractivity contribution in [3.8, 4) is 0 Å². The van der Waals surface area contributed by atoms with E-state index >= 15 is 0 Å². The van der Waals surface area contributed by atoms with E-state index in [1.807, 2.05) is 4.90 Å². The summed E-state index contributed by atoms with van der Waals surface area (Å²) in [6.07, 6.45) is 4.37. The van der Waals surface area contributed by atoms with Crippen molar-refractivity contribution in [3.05, 3.63) is 16.9 Å². The molecule has 2 heterocycles. The molecule has 6 heteroatoms. The molecule has 0 aromatic carbocycles. The predicted octanol–water partition coefficient (Wildman–Crippen LogP) is 0.825. The highest BCUT2D eigenvalue weighted by molar-refractivity contribution is 9.10. The number of aromatic nitrogens is 2. The van der Waals surface area contributed by atoms with Crippen molar-refractivity contribution in [2.24, 2.45) is 0 Å². The molecular weight excluding hydrogens is 274 g/mol. The lowest BCUT2D eigenvalue weighted by Gasteiger charge is -2.22. The molecule has 1 fully saturated rings. The van der Waals surface area contributed by atoms with Crippen molar-refractivity contribution in [2.45, 2.75) is 18.6 Å². The van der Waals surface area contributed by atoms with Gasteiger partial charge in [0.25, 0.3) is 0 Å². The summed E-state index contributed by atoms with van der Waals surface area (Å²) in [7, 11) is 1.69. The van der Waals surface area contributed by atoms with Crippen molar-refractivity contribution in [1.29, 1.82) is 0 Å². The number of rotatable bonds is 3. The number of aliphatic hydroxyl groups is 1. The minimum Gasteiger partial charge on any atom is -0.394 e. The molecule has 1 saturated heterocycles. The maximum atomic E-state index is 9.30. The molecule has 1 N–H and O–H groups in total. The molecule has 88 valence electrons. The van der Waals surface area contributed by atoms with Gasteiger partial charge in [0.1, 0.15) is 0 Å². The third kappa shape index (κ3) is 2.34. The molecule has 16 heavy (non-hydrogen) atoms. The summed E-state index contributed by atoms with van der Waals surface area (Å²) >= 11 is 3.29. The van der Waals surface area contributed by atoms with Crippen LogP contribution in [0.2, 0.25) is 0 Å². The van der Waals surface area contributed by atoms with E-state index in [9.17, 15) is 5.11 Å². The summed E-state index contributed by atoms with van der Waals surface area (Å²) in [6.45, 7) is 0.822. The third-order valence-corrected chi connectivity index (χ3v) is 3.19. The van der Waals surface area contributed by atoms with Gasteiger partial charge in [-0.2, -0.15) is 0 Å². The van der Waals surface area contributed by atoms with Crippen LogP contribution in [0.5, 0.6) is 0 Å². The van der Waals surface area contributed by atoms with Crippen LogP contribution in [0.25, 0.3) is 0 Å². The number of anilines is 1. The summed E-state index contributed by atoms with van der Waals surface area (Å²) in [6, 6.07) is 0.0473. The normalized spacial score (nSPS) is 25.1. The van der Waals surface area contributed by atoms with Crippen LogP contribution >= 0.6 is 15.9 Å². The van der Waals surface area contributed by atoms with Crippen LogP contribution in [0.3, 0.4) is 0 Å². The first-order valence-electron chi connectivity index (χ1n) is 5.12. The smallest absolute Gasteiger partial charge is 0.225 e. The van der Waals surface area contributed by atoms with Crippen molar-refractivity contribution in [3.63, 3.8) is 0 Å². The number of halogens is 1. The van der Waals surface area contributed by atoms with E-state index < -0.39 is 0 Å². The van der Waals surface area contributed by atoms with Gasteiger partial charge in [0.05, 0.1) is 23.2 Å². The summed E-state index contributed by atoms with van der Waals surface area (Å²) in [4.78, 5) is 10.4. The Balaban J connectivity index is 2.16. The van der Waals surface area contributed by atoms with Gasteiger partial charge >= 0.3 is 0 Å². The molecule has 2 atom stereocenters. The zero-order valence-corrected chi connectivity index (χ0v) is 10.6. The van der Waals surface area contributed by atoms with Crippen molar-refractivity contribution >= 4 is 21.9 Å². The number of aliphatic hydroxyl groups excluding tert-OH is 1. The molecule has 0 bridgehead atoms. The zero-order chi connectivity index (χ0) is 11.5. The van der Waals surface area contributed by atoms with E-state index in [2.05, 4.69) is 25.9 Å². The molecule has 1 aliphatic rings. The summed E-state index contributed by atoms with van der Waals surface area (Å²) in [5.41, 5.74) is 0. The van der Waals surface area contributed by atoms with E-state index in [0.29, 0.717) is 5.95 Å². The van der Waals surface area contributed by atoms with E-state index in [1.54, 1.807) is 19.5 Å². The Kier molecular flexibility index (Phi) is 3.73. The Morgan fingerprint density at radius 1 is 1.56 bits per heavy atom. The molecule has 0 spiro atoms. The molecule has 2 rings (SSSR count). The Labute approximate surface area is 103 Å². The second-order valence-electron chi connectivity index (χ2n) is 3.78. The van der Waals surface area contributed by atoms with Crippen LogP contribution in [0.4, 0.5) is 5.95 Å².